The fourth-order valence-corrected chi connectivity index (χ4v) is 2.79. The number of aromatic nitrogens is 1. The minimum atomic E-state index is -4.76. The molecule has 0 unspecified atom stereocenters. The summed E-state index contributed by atoms with van der Waals surface area (Å²) in [6, 6.07) is 11.3. The Hall–Kier alpha value is -4.02. The largest absolute Gasteiger partial charge is 0.573 e. The van der Waals surface area contributed by atoms with Gasteiger partial charge in [0.2, 0.25) is 11.7 Å². The maximum absolute atomic E-state index is 12.2. The van der Waals surface area contributed by atoms with E-state index in [9.17, 15) is 18.0 Å². The van der Waals surface area contributed by atoms with E-state index in [2.05, 4.69) is 14.9 Å². The molecule has 2 aromatic heterocycles. The molecule has 1 aliphatic rings. The van der Waals surface area contributed by atoms with Gasteiger partial charge in [-0.1, -0.05) is 17.3 Å². The summed E-state index contributed by atoms with van der Waals surface area (Å²) in [4.78, 5) is 20.3. The van der Waals surface area contributed by atoms with E-state index in [4.69, 9.17) is 19.1 Å². The molecular weight excluding hydrogens is 421 g/mol. The number of carbonyl (C=O) groups is 1. The lowest BCUT2D eigenvalue weighted by Crippen LogP contribution is -2.17. The molecule has 0 bridgehead atoms. The minimum absolute atomic E-state index is 0.196. The Balaban J connectivity index is 1.35. The summed E-state index contributed by atoms with van der Waals surface area (Å²) >= 11 is 0. The van der Waals surface area contributed by atoms with Crippen LogP contribution >= 0.6 is 0 Å². The zero-order valence-electron chi connectivity index (χ0n) is 15.5. The Morgan fingerprint density at radius 3 is 2.42 bits per heavy atom. The van der Waals surface area contributed by atoms with Crippen LogP contribution in [0.2, 0.25) is 0 Å². The van der Waals surface area contributed by atoms with Crippen molar-refractivity contribution in [2.75, 3.05) is 0 Å². The SMILES string of the molecule is O=C(O)c1ccc(-c2ccc(OC3=NO[C@H](c4ccc(OC(F)(F)F)cc4)C3)cn2)o1. The second-order valence-electron chi connectivity index (χ2n) is 6.35. The molecule has 0 aliphatic carbocycles. The molecule has 3 heterocycles. The van der Waals surface area contributed by atoms with Crippen LogP contribution in [-0.2, 0) is 4.84 Å². The fourth-order valence-electron chi connectivity index (χ4n) is 2.79. The van der Waals surface area contributed by atoms with Crippen molar-refractivity contribution in [1.82, 2.24) is 4.98 Å². The third-order valence-electron chi connectivity index (χ3n) is 4.17. The van der Waals surface area contributed by atoms with Crippen LogP contribution in [-0.4, -0.2) is 28.3 Å². The van der Waals surface area contributed by atoms with E-state index < -0.39 is 18.4 Å². The number of hydrogen-bond donors (Lipinski definition) is 1. The second-order valence-corrected chi connectivity index (χ2v) is 6.35. The number of pyridine rings is 1. The van der Waals surface area contributed by atoms with E-state index in [0.29, 0.717) is 22.8 Å². The highest BCUT2D eigenvalue weighted by Gasteiger charge is 2.31. The molecule has 0 saturated heterocycles. The molecule has 1 atom stereocenters. The van der Waals surface area contributed by atoms with E-state index in [1.54, 1.807) is 12.1 Å². The van der Waals surface area contributed by atoms with Crippen molar-refractivity contribution >= 4 is 11.9 Å². The lowest BCUT2D eigenvalue weighted by molar-refractivity contribution is -0.274. The molecule has 1 aliphatic heterocycles. The molecule has 31 heavy (non-hydrogen) atoms. The molecule has 3 aromatic rings. The number of benzene rings is 1. The summed E-state index contributed by atoms with van der Waals surface area (Å²) in [6.07, 6.45) is -3.59. The monoisotopic (exact) mass is 434 g/mol. The van der Waals surface area contributed by atoms with E-state index in [-0.39, 0.29) is 23.8 Å². The van der Waals surface area contributed by atoms with Crippen molar-refractivity contribution in [1.29, 1.82) is 0 Å². The van der Waals surface area contributed by atoms with Crippen molar-refractivity contribution in [2.24, 2.45) is 5.16 Å². The highest BCUT2D eigenvalue weighted by Crippen LogP contribution is 2.31. The predicted molar refractivity (Wildman–Crippen MR) is 98.5 cm³/mol. The lowest BCUT2D eigenvalue weighted by atomic mass is 10.1. The van der Waals surface area contributed by atoms with Crippen molar-refractivity contribution in [3.63, 3.8) is 0 Å². The lowest BCUT2D eigenvalue weighted by Gasteiger charge is -2.11. The normalized spacial score (nSPS) is 15.8. The molecule has 4 rings (SSSR count). The van der Waals surface area contributed by atoms with Gasteiger partial charge in [0.25, 0.3) is 0 Å². The summed E-state index contributed by atoms with van der Waals surface area (Å²) in [7, 11) is 0. The number of rotatable bonds is 5. The predicted octanol–water partition coefficient (Wildman–Crippen LogP) is 4.79. The minimum Gasteiger partial charge on any atom is -0.475 e. The van der Waals surface area contributed by atoms with Crippen molar-refractivity contribution in [3.8, 4) is 23.0 Å². The number of hydrogen-bond acceptors (Lipinski definition) is 7. The van der Waals surface area contributed by atoms with Gasteiger partial charge in [-0.3, -0.25) is 0 Å². The smallest absolute Gasteiger partial charge is 0.475 e. The van der Waals surface area contributed by atoms with E-state index >= 15 is 0 Å². The van der Waals surface area contributed by atoms with Crippen LogP contribution in [0.5, 0.6) is 11.5 Å². The Morgan fingerprint density at radius 1 is 1.06 bits per heavy atom. The zero-order chi connectivity index (χ0) is 22.0. The van der Waals surface area contributed by atoms with Gasteiger partial charge in [-0.25, -0.2) is 9.78 Å². The Morgan fingerprint density at radius 2 is 1.81 bits per heavy atom. The summed E-state index contributed by atoms with van der Waals surface area (Å²) in [6.45, 7) is 0. The van der Waals surface area contributed by atoms with Crippen molar-refractivity contribution in [3.05, 3.63) is 66.1 Å². The average molecular weight is 434 g/mol. The van der Waals surface area contributed by atoms with Gasteiger partial charge in [0.15, 0.2) is 11.9 Å². The van der Waals surface area contributed by atoms with Crippen LogP contribution in [0.15, 0.2) is 64.3 Å². The van der Waals surface area contributed by atoms with Gasteiger partial charge in [0, 0.05) is 0 Å². The third kappa shape index (κ3) is 4.94. The number of halogens is 3. The molecule has 8 nitrogen and oxygen atoms in total. The first-order valence-corrected chi connectivity index (χ1v) is 8.82. The van der Waals surface area contributed by atoms with Crippen LogP contribution in [0.1, 0.15) is 28.6 Å². The van der Waals surface area contributed by atoms with Crippen molar-refractivity contribution in [2.45, 2.75) is 18.9 Å². The van der Waals surface area contributed by atoms with E-state index in [1.165, 1.54) is 42.6 Å². The Kier molecular flexibility index (Phi) is 5.24. The van der Waals surface area contributed by atoms with Gasteiger partial charge in [0.05, 0.1) is 12.6 Å². The standard InChI is InChI=1S/C20H13F3N2O6/c21-20(22,23)30-12-3-1-11(2-4-12)17-9-18(25-31-17)28-13-5-6-14(24-10-13)15-7-8-16(29-15)19(26)27/h1-8,10,17H,9H2,(H,26,27)/t17-/m0/s1. The van der Waals surface area contributed by atoms with Gasteiger partial charge in [0.1, 0.15) is 17.2 Å². The molecule has 0 amide bonds. The molecule has 1 N–H and O–H groups in total. The molecule has 0 radical (unpaired) electrons. The number of alkyl halides is 3. The highest BCUT2D eigenvalue weighted by molar-refractivity contribution is 5.85. The number of oxime groups is 1. The number of nitrogens with zero attached hydrogens (tertiary/aromatic N) is 2. The second kappa shape index (κ2) is 8.01. The number of furan rings is 1. The van der Waals surface area contributed by atoms with Crippen molar-refractivity contribution < 1.29 is 41.8 Å². The molecule has 0 spiro atoms. The van der Waals surface area contributed by atoms with E-state index in [1.807, 2.05) is 0 Å². The summed E-state index contributed by atoms with van der Waals surface area (Å²) in [5, 5.41) is 12.7. The molecule has 11 heteroatoms. The topological polar surface area (TPSA) is 103 Å². The van der Waals surface area contributed by atoms with Crippen LogP contribution < -0.4 is 9.47 Å². The maximum Gasteiger partial charge on any atom is 0.573 e. The van der Waals surface area contributed by atoms with Gasteiger partial charge in [-0.2, -0.15) is 0 Å². The molecular formula is C20H13F3N2O6. The van der Waals surface area contributed by atoms with Crippen LogP contribution in [0.4, 0.5) is 13.2 Å². The number of carboxylic acids is 1. The summed E-state index contributed by atoms with van der Waals surface area (Å²) in [5.41, 5.74) is 1.03. The van der Waals surface area contributed by atoms with Crippen LogP contribution in [0.25, 0.3) is 11.5 Å². The Labute approximate surface area is 172 Å². The molecule has 1 aromatic carbocycles. The van der Waals surface area contributed by atoms with Gasteiger partial charge < -0.3 is 23.8 Å². The van der Waals surface area contributed by atoms with Gasteiger partial charge in [-0.15, -0.1) is 13.2 Å². The third-order valence-corrected chi connectivity index (χ3v) is 4.17. The zero-order valence-corrected chi connectivity index (χ0v) is 15.5. The van der Waals surface area contributed by atoms with Gasteiger partial charge in [-0.05, 0) is 42.0 Å². The van der Waals surface area contributed by atoms with Crippen LogP contribution in [0, 0.1) is 0 Å². The molecule has 0 saturated carbocycles. The molecule has 0 fully saturated rings. The number of aromatic carboxylic acids is 1. The van der Waals surface area contributed by atoms with Crippen LogP contribution in [0.3, 0.4) is 0 Å². The summed E-state index contributed by atoms with van der Waals surface area (Å²) in [5.74, 6) is -0.776. The summed E-state index contributed by atoms with van der Waals surface area (Å²) < 4.78 is 51.4. The van der Waals surface area contributed by atoms with E-state index in [0.717, 1.165) is 0 Å². The average Bonchev–Trinajstić information content (AvgIpc) is 3.38. The fraction of sp³-hybridized carbons (Fsp3) is 0.150. The van der Waals surface area contributed by atoms with Gasteiger partial charge >= 0.3 is 12.3 Å². The number of ether oxygens (including phenoxy) is 2. The number of carboxylic acid groups (broad SMARTS) is 1. The highest BCUT2D eigenvalue weighted by atomic mass is 19.4. The molecule has 160 valence electrons. The first kappa shape index (κ1) is 20.3. The first-order chi connectivity index (χ1) is 14.8. The maximum atomic E-state index is 12.2. The quantitative estimate of drug-likeness (QED) is 0.616. The first-order valence-electron chi connectivity index (χ1n) is 8.82. The Bertz CT molecular complexity index is 1110.